The average molecular weight is 289 g/mol. The van der Waals surface area contributed by atoms with Gasteiger partial charge in [-0.2, -0.15) is 5.10 Å². The highest BCUT2D eigenvalue weighted by Crippen LogP contribution is 2.09. The number of nitrogens with zero attached hydrogens (tertiary/aromatic N) is 2. The molecule has 0 atom stereocenters. The zero-order valence-electron chi connectivity index (χ0n) is 11.5. The van der Waals surface area contributed by atoms with Gasteiger partial charge in [-0.05, 0) is 12.1 Å². The fourth-order valence-electron chi connectivity index (χ4n) is 1.57. The number of methoxy groups -OCH3 is 1. The third kappa shape index (κ3) is 4.64. The van der Waals surface area contributed by atoms with Crippen molar-refractivity contribution in [3.05, 3.63) is 42.7 Å². The van der Waals surface area contributed by atoms with Crippen LogP contribution in [-0.2, 0) is 20.9 Å². The molecule has 1 amide bonds. The molecule has 1 N–H and O–H groups in total. The van der Waals surface area contributed by atoms with Crippen molar-refractivity contribution in [1.29, 1.82) is 0 Å². The summed E-state index contributed by atoms with van der Waals surface area (Å²) in [6.07, 6.45) is 2.99. The Bertz CT molecular complexity index is 610. The summed E-state index contributed by atoms with van der Waals surface area (Å²) in [5.74, 6) is -0.103. The second kappa shape index (κ2) is 7.09. The summed E-state index contributed by atoms with van der Waals surface area (Å²) in [6.45, 7) is -0.112. The quantitative estimate of drug-likeness (QED) is 0.804. The van der Waals surface area contributed by atoms with Crippen LogP contribution in [0.3, 0.4) is 0 Å². The second-order valence-corrected chi connectivity index (χ2v) is 4.15. The van der Waals surface area contributed by atoms with Crippen LogP contribution in [-0.4, -0.2) is 35.4 Å². The Kier molecular flexibility index (Phi) is 4.92. The minimum absolute atomic E-state index is 0.00706. The SMILES string of the molecule is COC(=O)Cn1cc(NC(=O)COc2ccccc2)cn1. The number of carbonyl (C=O) groups is 2. The van der Waals surface area contributed by atoms with Gasteiger partial charge in [0.05, 0.1) is 19.0 Å². The van der Waals surface area contributed by atoms with Gasteiger partial charge in [-0.15, -0.1) is 0 Å². The second-order valence-electron chi connectivity index (χ2n) is 4.15. The number of amides is 1. The Labute approximate surface area is 121 Å². The van der Waals surface area contributed by atoms with Gasteiger partial charge in [-0.3, -0.25) is 14.3 Å². The third-order valence-corrected chi connectivity index (χ3v) is 2.55. The summed E-state index contributed by atoms with van der Waals surface area (Å²) in [5, 5.41) is 6.56. The van der Waals surface area contributed by atoms with Gasteiger partial charge in [0, 0.05) is 6.20 Å². The minimum atomic E-state index is -0.414. The lowest BCUT2D eigenvalue weighted by Gasteiger charge is -2.05. The highest BCUT2D eigenvalue weighted by molar-refractivity contribution is 5.91. The molecule has 2 aromatic rings. The number of nitrogens with one attached hydrogen (secondary N) is 1. The van der Waals surface area contributed by atoms with Gasteiger partial charge in [0.1, 0.15) is 12.3 Å². The molecular formula is C14H15N3O4. The number of para-hydroxylation sites is 1. The zero-order valence-corrected chi connectivity index (χ0v) is 11.5. The van der Waals surface area contributed by atoms with Crippen LogP contribution in [0.15, 0.2) is 42.7 Å². The summed E-state index contributed by atoms with van der Waals surface area (Å²) in [4.78, 5) is 22.8. The van der Waals surface area contributed by atoms with E-state index in [0.717, 1.165) is 0 Å². The number of hydrogen-bond acceptors (Lipinski definition) is 5. The largest absolute Gasteiger partial charge is 0.484 e. The average Bonchev–Trinajstić information content (AvgIpc) is 2.93. The molecule has 0 bridgehead atoms. The van der Waals surface area contributed by atoms with Crippen molar-refractivity contribution in [2.45, 2.75) is 6.54 Å². The lowest BCUT2D eigenvalue weighted by molar-refractivity contribution is -0.141. The molecular weight excluding hydrogens is 274 g/mol. The number of aromatic nitrogens is 2. The number of carbonyl (C=O) groups excluding carboxylic acids is 2. The zero-order chi connectivity index (χ0) is 15.1. The van der Waals surface area contributed by atoms with Crippen LogP contribution in [0.1, 0.15) is 0 Å². The number of esters is 1. The molecule has 7 nitrogen and oxygen atoms in total. The van der Waals surface area contributed by atoms with Crippen LogP contribution in [0.4, 0.5) is 5.69 Å². The normalized spacial score (nSPS) is 9.95. The molecule has 0 aliphatic carbocycles. The van der Waals surface area contributed by atoms with E-state index in [9.17, 15) is 9.59 Å². The predicted octanol–water partition coefficient (Wildman–Crippen LogP) is 1.07. The van der Waals surface area contributed by atoms with E-state index in [1.54, 1.807) is 12.1 Å². The van der Waals surface area contributed by atoms with Crippen molar-refractivity contribution in [2.24, 2.45) is 0 Å². The molecule has 0 saturated heterocycles. The standard InChI is InChI=1S/C14H15N3O4/c1-20-14(19)9-17-8-11(7-15-17)16-13(18)10-21-12-5-3-2-4-6-12/h2-8H,9-10H2,1H3,(H,16,18). The van der Waals surface area contributed by atoms with Crippen LogP contribution >= 0.6 is 0 Å². The molecule has 0 aliphatic heterocycles. The van der Waals surface area contributed by atoms with E-state index in [2.05, 4.69) is 15.2 Å². The van der Waals surface area contributed by atoms with Gasteiger partial charge in [0.25, 0.3) is 5.91 Å². The third-order valence-electron chi connectivity index (χ3n) is 2.55. The van der Waals surface area contributed by atoms with E-state index in [-0.39, 0.29) is 19.1 Å². The summed E-state index contributed by atoms with van der Waals surface area (Å²) in [7, 11) is 1.30. The molecule has 0 aliphatic rings. The van der Waals surface area contributed by atoms with Gasteiger partial charge in [-0.25, -0.2) is 0 Å². The first kappa shape index (κ1) is 14.6. The van der Waals surface area contributed by atoms with E-state index in [1.165, 1.54) is 24.2 Å². The molecule has 21 heavy (non-hydrogen) atoms. The summed E-state index contributed by atoms with van der Waals surface area (Å²) < 4.78 is 11.2. The van der Waals surface area contributed by atoms with Gasteiger partial charge in [-0.1, -0.05) is 18.2 Å². The lowest BCUT2D eigenvalue weighted by Crippen LogP contribution is -2.19. The van der Waals surface area contributed by atoms with Crippen LogP contribution in [0.5, 0.6) is 5.75 Å². The fraction of sp³-hybridized carbons (Fsp3) is 0.214. The molecule has 1 aromatic heterocycles. The van der Waals surface area contributed by atoms with Crippen LogP contribution in [0.25, 0.3) is 0 Å². The van der Waals surface area contributed by atoms with Gasteiger partial charge in [0.2, 0.25) is 0 Å². The maximum absolute atomic E-state index is 11.7. The molecule has 0 spiro atoms. The van der Waals surface area contributed by atoms with E-state index < -0.39 is 5.97 Å². The van der Waals surface area contributed by atoms with Crippen molar-refractivity contribution in [1.82, 2.24) is 9.78 Å². The summed E-state index contributed by atoms with van der Waals surface area (Å²) >= 11 is 0. The molecule has 0 unspecified atom stereocenters. The minimum Gasteiger partial charge on any atom is -0.484 e. The van der Waals surface area contributed by atoms with Crippen LogP contribution in [0.2, 0.25) is 0 Å². The number of benzene rings is 1. The molecule has 2 rings (SSSR count). The van der Waals surface area contributed by atoms with Crippen molar-refractivity contribution < 1.29 is 19.1 Å². The molecule has 0 saturated carbocycles. The lowest BCUT2D eigenvalue weighted by atomic mass is 10.3. The Balaban J connectivity index is 1.81. The van der Waals surface area contributed by atoms with E-state index in [1.807, 2.05) is 18.2 Å². The van der Waals surface area contributed by atoms with Crippen molar-refractivity contribution in [3.8, 4) is 5.75 Å². The molecule has 1 aromatic carbocycles. The van der Waals surface area contributed by atoms with Gasteiger partial charge in [0.15, 0.2) is 6.61 Å². The predicted molar refractivity (Wildman–Crippen MR) is 74.8 cm³/mol. The number of ether oxygens (including phenoxy) is 2. The van der Waals surface area contributed by atoms with Gasteiger partial charge < -0.3 is 14.8 Å². The fourth-order valence-corrected chi connectivity index (χ4v) is 1.57. The molecule has 1 heterocycles. The molecule has 0 fully saturated rings. The summed E-state index contributed by atoms with van der Waals surface area (Å²) in [5.41, 5.74) is 0.487. The van der Waals surface area contributed by atoms with Crippen molar-refractivity contribution in [2.75, 3.05) is 19.0 Å². The Hall–Kier alpha value is -2.83. The smallest absolute Gasteiger partial charge is 0.327 e. The molecule has 7 heteroatoms. The van der Waals surface area contributed by atoms with Crippen molar-refractivity contribution >= 4 is 17.6 Å². The highest BCUT2D eigenvalue weighted by atomic mass is 16.5. The first-order chi connectivity index (χ1) is 10.2. The summed E-state index contributed by atoms with van der Waals surface area (Å²) in [6, 6.07) is 9.04. The van der Waals surface area contributed by atoms with E-state index in [4.69, 9.17) is 4.74 Å². The Morgan fingerprint density at radius 1 is 1.29 bits per heavy atom. The number of rotatable bonds is 6. The molecule has 0 radical (unpaired) electrons. The van der Waals surface area contributed by atoms with Crippen LogP contribution in [0, 0.1) is 0 Å². The maximum atomic E-state index is 11.7. The van der Waals surface area contributed by atoms with Gasteiger partial charge >= 0.3 is 5.97 Å². The monoisotopic (exact) mass is 289 g/mol. The Morgan fingerprint density at radius 2 is 2.05 bits per heavy atom. The van der Waals surface area contributed by atoms with Crippen LogP contribution < -0.4 is 10.1 Å². The first-order valence-corrected chi connectivity index (χ1v) is 6.24. The highest BCUT2D eigenvalue weighted by Gasteiger charge is 2.07. The first-order valence-electron chi connectivity index (χ1n) is 6.24. The van der Waals surface area contributed by atoms with E-state index >= 15 is 0 Å². The topological polar surface area (TPSA) is 82.5 Å². The number of anilines is 1. The van der Waals surface area contributed by atoms with Crippen molar-refractivity contribution in [3.63, 3.8) is 0 Å². The maximum Gasteiger partial charge on any atom is 0.327 e. The number of hydrogen-bond donors (Lipinski definition) is 1. The van der Waals surface area contributed by atoms with E-state index in [0.29, 0.717) is 11.4 Å². The molecule has 110 valence electrons. The Morgan fingerprint density at radius 3 is 2.76 bits per heavy atom.